The Balaban J connectivity index is 1.39. The van der Waals surface area contributed by atoms with Crippen LogP contribution in [0.5, 0.6) is 0 Å². The van der Waals surface area contributed by atoms with Crippen LogP contribution >= 0.6 is 0 Å². The summed E-state index contributed by atoms with van der Waals surface area (Å²) in [6, 6.07) is 14.4. The molecule has 3 aromatic heterocycles. The number of pyridine rings is 1. The molecule has 1 fully saturated rings. The average Bonchev–Trinajstić information content (AvgIpc) is 3.48. The minimum atomic E-state index is -0.441. The predicted octanol–water partition coefficient (Wildman–Crippen LogP) is 4.10. The summed E-state index contributed by atoms with van der Waals surface area (Å²) in [4.78, 5) is 29.0. The van der Waals surface area contributed by atoms with Crippen molar-refractivity contribution in [1.82, 2.24) is 20.1 Å². The van der Waals surface area contributed by atoms with Crippen LogP contribution in [0.25, 0.3) is 22.2 Å². The van der Waals surface area contributed by atoms with Crippen molar-refractivity contribution in [3.8, 4) is 11.3 Å². The summed E-state index contributed by atoms with van der Waals surface area (Å²) >= 11 is 0. The van der Waals surface area contributed by atoms with E-state index < -0.39 is 5.91 Å². The molecule has 0 aliphatic heterocycles. The SMILES string of the molecule is O=C(NCc1cc(-c2ccncc2)n(C2CCCC2)n1)c1cc(=O)c2ccccc2o1. The summed E-state index contributed by atoms with van der Waals surface area (Å²) in [5.74, 6) is -0.447. The second kappa shape index (κ2) is 8.18. The molecule has 0 radical (unpaired) electrons. The molecule has 0 spiro atoms. The Kier molecular flexibility index (Phi) is 5.08. The average molecular weight is 414 g/mol. The lowest BCUT2D eigenvalue weighted by atomic mass is 10.1. The van der Waals surface area contributed by atoms with Crippen molar-refractivity contribution < 1.29 is 9.21 Å². The second-order valence-corrected chi connectivity index (χ2v) is 7.79. The molecule has 1 amide bonds. The zero-order valence-corrected chi connectivity index (χ0v) is 17.0. The van der Waals surface area contributed by atoms with Crippen LogP contribution in [0.3, 0.4) is 0 Å². The molecule has 1 aromatic carbocycles. The Hall–Kier alpha value is -3.74. The van der Waals surface area contributed by atoms with Crippen LogP contribution in [-0.4, -0.2) is 20.7 Å². The number of hydrogen-bond donors (Lipinski definition) is 1. The molecule has 1 N–H and O–H groups in total. The monoisotopic (exact) mass is 414 g/mol. The van der Waals surface area contributed by atoms with E-state index in [4.69, 9.17) is 9.52 Å². The summed E-state index contributed by atoms with van der Waals surface area (Å²) in [5.41, 5.74) is 2.99. The fourth-order valence-electron chi connectivity index (χ4n) is 4.17. The largest absolute Gasteiger partial charge is 0.451 e. The van der Waals surface area contributed by atoms with Gasteiger partial charge in [-0.3, -0.25) is 19.3 Å². The van der Waals surface area contributed by atoms with Gasteiger partial charge in [0.25, 0.3) is 5.91 Å². The molecule has 5 rings (SSSR count). The van der Waals surface area contributed by atoms with Crippen LogP contribution in [0.15, 0.2) is 70.1 Å². The van der Waals surface area contributed by atoms with Crippen molar-refractivity contribution in [1.29, 1.82) is 0 Å². The van der Waals surface area contributed by atoms with Crippen molar-refractivity contribution >= 4 is 16.9 Å². The number of nitrogens with zero attached hydrogens (tertiary/aromatic N) is 3. The maximum atomic E-state index is 12.6. The second-order valence-electron chi connectivity index (χ2n) is 7.79. The number of carbonyl (C=O) groups excluding carboxylic acids is 1. The van der Waals surface area contributed by atoms with Gasteiger partial charge in [-0.25, -0.2) is 0 Å². The predicted molar refractivity (Wildman–Crippen MR) is 117 cm³/mol. The first-order chi connectivity index (χ1) is 15.2. The van der Waals surface area contributed by atoms with Gasteiger partial charge in [0, 0.05) is 24.0 Å². The number of carbonyl (C=O) groups is 1. The fraction of sp³-hybridized carbons (Fsp3) is 0.250. The van der Waals surface area contributed by atoms with E-state index in [1.165, 1.54) is 18.9 Å². The van der Waals surface area contributed by atoms with Gasteiger partial charge < -0.3 is 9.73 Å². The van der Waals surface area contributed by atoms with Crippen LogP contribution in [0.4, 0.5) is 0 Å². The van der Waals surface area contributed by atoms with Crippen LogP contribution in [0.1, 0.15) is 48.0 Å². The van der Waals surface area contributed by atoms with Gasteiger partial charge >= 0.3 is 0 Å². The van der Waals surface area contributed by atoms with E-state index in [-0.39, 0.29) is 17.7 Å². The normalized spacial score (nSPS) is 14.2. The molecule has 4 aromatic rings. The molecule has 0 unspecified atom stereocenters. The highest BCUT2D eigenvalue weighted by atomic mass is 16.3. The van der Waals surface area contributed by atoms with Crippen LogP contribution in [0.2, 0.25) is 0 Å². The molecule has 0 bridgehead atoms. The molecule has 0 saturated heterocycles. The maximum absolute atomic E-state index is 12.6. The van der Waals surface area contributed by atoms with Crippen molar-refractivity contribution in [2.24, 2.45) is 0 Å². The molecule has 31 heavy (non-hydrogen) atoms. The van der Waals surface area contributed by atoms with Crippen LogP contribution in [-0.2, 0) is 6.54 Å². The van der Waals surface area contributed by atoms with Crippen LogP contribution < -0.4 is 10.7 Å². The summed E-state index contributed by atoms with van der Waals surface area (Å²) in [6.07, 6.45) is 8.15. The van der Waals surface area contributed by atoms with Gasteiger partial charge in [0.1, 0.15) is 5.58 Å². The van der Waals surface area contributed by atoms with Gasteiger partial charge in [0.2, 0.25) is 0 Å². The number of rotatable bonds is 5. The molecule has 1 aliphatic rings. The van der Waals surface area contributed by atoms with Crippen molar-refractivity contribution in [3.05, 3.63) is 82.6 Å². The number of fused-ring (bicyclic) bond motifs is 1. The molecule has 7 nitrogen and oxygen atoms in total. The molecule has 7 heteroatoms. The van der Waals surface area contributed by atoms with E-state index in [1.807, 2.05) is 18.2 Å². The number of para-hydroxylation sites is 1. The minimum Gasteiger partial charge on any atom is -0.451 e. The van der Waals surface area contributed by atoms with Gasteiger partial charge in [-0.2, -0.15) is 5.10 Å². The molecule has 1 saturated carbocycles. The lowest BCUT2D eigenvalue weighted by Gasteiger charge is -2.14. The Labute approximate surface area is 178 Å². The highest BCUT2D eigenvalue weighted by molar-refractivity contribution is 5.93. The van der Waals surface area contributed by atoms with E-state index in [0.29, 0.717) is 17.0 Å². The highest BCUT2D eigenvalue weighted by Gasteiger charge is 2.22. The Bertz CT molecular complexity index is 1290. The summed E-state index contributed by atoms with van der Waals surface area (Å²) in [5, 5.41) is 8.08. The number of nitrogens with one attached hydrogen (secondary N) is 1. The number of benzene rings is 1. The molecule has 3 heterocycles. The minimum absolute atomic E-state index is 0.00622. The third-order valence-corrected chi connectivity index (χ3v) is 5.72. The molecular weight excluding hydrogens is 392 g/mol. The first-order valence-corrected chi connectivity index (χ1v) is 10.5. The lowest BCUT2D eigenvalue weighted by molar-refractivity contribution is 0.0923. The fourth-order valence-corrected chi connectivity index (χ4v) is 4.17. The van der Waals surface area contributed by atoms with Gasteiger partial charge in [-0.05, 0) is 43.2 Å². The van der Waals surface area contributed by atoms with E-state index >= 15 is 0 Å². The smallest absolute Gasteiger partial charge is 0.287 e. The van der Waals surface area contributed by atoms with Gasteiger partial charge in [-0.1, -0.05) is 25.0 Å². The number of hydrogen-bond acceptors (Lipinski definition) is 5. The molecule has 1 aliphatic carbocycles. The zero-order chi connectivity index (χ0) is 21.2. The van der Waals surface area contributed by atoms with E-state index in [2.05, 4.69) is 15.0 Å². The zero-order valence-electron chi connectivity index (χ0n) is 17.0. The van der Waals surface area contributed by atoms with Crippen LogP contribution in [0, 0.1) is 0 Å². The topological polar surface area (TPSA) is 90.0 Å². The number of amides is 1. The van der Waals surface area contributed by atoms with Gasteiger partial charge in [-0.15, -0.1) is 0 Å². The van der Waals surface area contributed by atoms with Crippen molar-refractivity contribution in [2.45, 2.75) is 38.3 Å². The Morgan fingerprint density at radius 3 is 2.68 bits per heavy atom. The molecular formula is C24H22N4O3. The quantitative estimate of drug-likeness (QED) is 0.531. The van der Waals surface area contributed by atoms with Gasteiger partial charge in [0.05, 0.1) is 29.4 Å². The summed E-state index contributed by atoms with van der Waals surface area (Å²) < 4.78 is 7.71. The van der Waals surface area contributed by atoms with E-state index in [0.717, 1.165) is 29.8 Å². The van der Waals surface area contributed by atoms with Crippen molar-refractivity contribution in [3.63, 3.8) is 0 Å². The maximum Gasteiger partial charge on any atom is 0.287 e. The summed E-state index contributed by atoms with van der Waals surface area (Å²) in [6.45, 7) is 0.243. The standard InChI is InChI=1S/C24H22N4O3/c29-21-14-23(31-22-8-4-3-7-19(21)22)24(30)26-15-17-13-20(16-9-11-25-12-10-16)28(27-17)18-5-1-2-6-18/h3-4,7-14,18H,1-2,5-6,15H2,(H,26,30). The first-order valence-electron chi connectivity index (χ1n) is 10.5. The molecule has 0 atom stereocenters. The third kappa shape index (κ3) is 3.86. The number of aromatic nitrogens is 3. The van der Waals surface area contributed by atoms with E-state index in [1.54, 1.807) is 36.7 Å². The Morgan fingerprint density at radius 1 is 1.10 bits per heavy atom. The highest BCUT2D eigenvalue weighted by Crippen LogP contribution is 2.33. The lowest BCUT2D eigenvalue weighted by Crippen LogP contribution is -2.24. The summed E-state index contributed by atoms with van der Waals surface area (Å²) in [7, 11) is 0. The van der Waals surface area contributed by atoms with Crippen molar-refractivity contribution in [2.75, 3.05) is 0 Å². The third-order valence-electron chi connectivity index (χ3n) is 5.72. The first kappa shape index (κ1) is 19.2. The molecule has 156 valence electrons. The Morgan fingerprint density at radius 2 is 1.87 bits per heavy atom. The van der Waals surface area contributed by atoms with Gasteiger partial charge in [0.15, 0.2) is 11.2 Å². The van der Waals surface area contributed by atoms with E-state index in [9.17, 15) is 9.59 Å².